The third-order valence-corrected chi connectivity index (χ3v) is 3.11. The van der Waals surface area contributed by atoms with Gasteiger partial charge in [0.2, 0.25) is 0 Å². The predicted molar refractivity (Wildman–Crippen MR) is 78.3 cm³/mol. The first-order chi connectivity index (χ1) is 9.77. The monoisotopic (exact) mass is 410 g/mol. The zero-order valence-corrected chi connectivity index (χ0v) is 12.9. The Morgan fingerprint density at radius 3 is 2.67 bits per heavy atom. The first kappa shape index (κ1) is 17.3. The largest absolute Gasteiger partial charge is 0.463 e. The maximum absolute atomic E-state index is 12.9. The summed E-state index contributed by atoms with van der Waals surface area (Å²) in [6.07, 6.45) is -4.37. The highest BCUT2D eigenvalue weighted by molar-refractivity contribution is 14.1. The molecule has 0 spiro atoms. The lowest BCUT2D eigenvalue weighted by molar-refractivity contribution is -0.138. The molecule has 4 nitrogen and oxygen atoms in total. The molecule has 0 aliphatic rings. The van der Waals surface area contributed by atoms with Crippen LogP contribution in [0.5, 0.6) is 0 Å². The zero-order chi connectivity index (χ0) is 16.0. The molecular formula is C13H10F3IN2O2. The van der Waals surface area contributed by atoms with Crippen LogP contribution in [0.4, 0.5) is 18.9 Å². The summed E-state index contributed by atoms with van der Waals surface area (Å²) in [5.41, 5.74) is -0.765. The van der Waals surface area contributed by atoms with Crippen molar-refractivity contribution in [3.8, 4) is 6.07 Å². The average molecular weight is 410 g/mol. The lowest BCUT2D eigenvalue weighted by Gasteiger charge is -2.15. The number of hydrogen-bond acceptors (Lipinski definition) is 4. The molecule has 1 aromatic rings. The van der Waals surface area contributed by atoms with E-state index in [0.29, 0.717) is 15.2 Å². The van der Waals surface area contributed by atoms with Gasteiger partial charge in [0, 0.05) is 3.57 Å². The summed E-state index contributed by atoms with van der Waals surface area (Å²) < 4.78 is 43.6. The molecule has 1 aromatic carbocycles. The number of nitrogens with zero attached hydrogens (tertiary/aromatic N) is 1. The molecule has 0 saturated heterocycles. The quantitative estimate of drug-likeness (QED) is 0.469. The van der Waals surface area contributed by atoms with E-state index in [1.54, 1.807) is 22.6 Å². The standard InChI is InChI=1S/C13H10F3IN2O2/c1-2-21-12(20)6-11(13(14,15)16)19-10-4-3-8(7-18)5-9(10)17/h3-6,19H,2H2,1H3/b11-6+. The fraction of sp³-hybridized carbons (Fsp3) is 0.231. The van der Waals surface area contributed by atoms with E-state index in [4.69, 9.17) is 5.26 Å². The van der Waals surface area contributed by atoms with Crippen LogP contribution in [0, 0.1) is 14.9 Å². The van der Waals surface area contributed by atoms with Gasteiger partial charge >= 0.3 is 12.1 Å². The van der Waals surface area contributed by atoms with Gasteiger partial charge in [-0.2, -0.15) is 18.4 Å². The highest BCUT2D eigenvalue weighted by Crippen LogP contribution is 2.29. The van der Waals surface area contributed by atoms with Crippen molar-refractivity contribution in [2.45, 2.75) is 13.1 Å². The van der Waals surface area contributed by atoms with Gasteiger partial charge in [-0.15, -0.1) is 0 Å². The normalized spacial score (nSPS) is 11.7. The third-order valence-electron chi connectivity index (χ3n) is 2.22. The minimum absolute atomic E-state index is 0.0190. The molecule has 1 N–H and O–H groups in total. The topological polar surface area (TPSA) is 62.1 Å². The van der Waals surface area contributed by atoms with Gasteiger partial charge in [0.1, 0.15) is 5.70 Å². The van der Waals surface area contributed by atoms with Crippen LogP contribution in [0.2, 0.25) is 0 Å². The van der Waals surface area contributed by atoms with Crippen LogP contribution in [0.1, 0.15) is 12.5 Å². The molecule has 0 heterocycles. The van der Waals surface area contributed by atoms with Gasteiger partial charge < -0.3 is 10.1 Å². The molecule has 0 unspecified atom stereocenters. The molecule has 0 bridgehead atoms. The Hall–Kier alpha value is -1.76. The smallest absolute Gasteiger partial charge is 0.431 e. The second kappa shape index (κ2) is 7.31. The maximum Gasteiger partial charge on any atom is 0.431 e. The number of ether oxygens (including phenoxy) is 1. The summed E-state index contributed by atoms with van der Waals surface area (Å²) in [5, 5.41) is 10.9. The number of nitriles is 1. The van der Waals surface area contributed by atoms with Gasteiger partial charge in [0.15, 0.2) is 0 Å². The summed E-state index contributed by atoms with van der Waals surface area (Å²) >= 11 is 1.80. The molecule has 0 aliphatic heterocycles. The van der Waals surface area contributed by atoms with Crippen LogP contribution in [-0.4, -0.2) is 18.8 Å². The van der Waals surface area contributed by atoms with E-state index in [-0.39, 0.29) is 12.3 Å². The molecule has 1 rings (SSSR count). The Morgan fingerprint density at radius 1 is 1.52 bits per heavy atom. The lowest BCUT2D eigenvalue weighted by Crippen LogP contribution is -2.21. The predicted octanol–water partition coefficient (Wildman–Crippen LogP) is 3.58. The number of allylic oxidation sites excluding steroid dienone is 1. The van der Waals surface area contributed by atoms with Crippen LogP contribution in [0.15, 0.2) is 30.0 Å². The number of benzene rings is 1. The van der Waals surface area contributed by atoms with E-state index in [9.17, 15) is 18.0 Å². The van der Waals surface area contributed by atoms with Gasteiger partial charge in [0.05, 0.1) is 30.0 Å². The summed E-state index contributed by atoms with van der Waals surface area (Å²) in [6.45, 7) is 1.48. The van der Waals surface area contributed by atoms with Crippen LogP contribution in [-0.2, 0) is 9.53 Å². The molecule has 0 fully saturated rings. The number of carbonyl (C=O) groups is 1. The van der Waals surface area contributed by atoms with Crippen molar-refractivity contribution in [3.05, 3.63) is 39.1 Å². The van der Waals surface area contributed by atoms with Crippen molar-refractivity contribution in [2.75, 3.05) is 11.9 Å². The second-order valence-electron chi connectivity index (χ2n) is 3.74. The number of rotatable bonds is 4. The lowest BCUT2D eigenvalue weighted by atomic mass is 10.2. The van der Waals surface area contributed by atoms with Crippen molar-refractivity contribution < 1.29 is 22.7 Å². The molecule has 0 amide bonds. The molecule has 112 valence electrons. The number of esters is 1. The minimum Gasteiger partial charge on any atom is -0.463 e. The Kier molecular flexibility index (Phi) is 6.02. The number of halogens is 4. The zero-order valence-electron chi connectivity index (χ0n) is 10.8. The Bertz CT molecular complexity index is 606. The second-order valence-corrected chi connectivity index (χ2v) is 4.90. The fourth-order valence-corrected chi connectivity index (χ4v) is 1.97. The summed E-state index contributed by atoms with van der Waals surface area (Å²) in [4.78, 5) is 11.2. The van der Waals surface area contributed by atoms with Gasteiger partial charge in [-0.3, -0.25) is 0 Å². The first-order valence-corrected chi connectivity index (χ1v) is 6.78. The molecular weight excluding hydrogens is 400 g/mol. The van der Waals surface area contributed by atoms with E-state index in [2.05, 4.69) is 10.1 Å². The molecule has 8 heteroatoms. The average Bonchev–Trinajstić information content (AvgIpc) is 2.39. The van der Waals surface area contributed by atoms with Gasteiger partial charge in [-0.05, 0) is 47.7 Å². The molecule has 21 heavy (non-hydrogen) atoms. The SMILES string of the molecule is CCOC(=O)/C=C(/Nc1ccc(C#N)cc1I)C(F)(F)F. The van der Waals surface area contributed by atoms with Gasteiger partial charge in [-0.25, -0.2) is 4.79 Å². The van der Waals surface area contributed by atoms with E-state index in [1.165, 1.54) is 25.1 Å². The van der Waals surface area contributed by atoms with E-state index in [0.717, 1.165) is 0 Å². The summed E-state index contributed by atoms with van der Waals surface area (Å²) in [6, 6.07) is 6.03. The Labute approximate surface area is 132 Å². The summed E-state index contributed by atoms with van der Waals surface area (Å²) in [5.74, 6) is -1.08. The minimum atomic E-state index is -4.73. The first-order valence-electron chi connectivity index (χ1n) is 5.70. The maximum atomic E-state index is 12.9. The van der Waals surface area contributed by atoms with E-state index < -0.39 is 17.8 Å². The third kappa shape index (κ3) is 5.26. The van der Waals surface area contributed by atoms with Crippen molar-refractivity contribution in [3.63, 3.8) is 0 Å². The van der Waals surface area contributed by atoms with Crippen molar-refractivity contribution >= 4 is 34.2 Å². The molecule has 0 radical (unpaired) electrons. The molecule has 0 atom stereocenters. The van der Waals surface area contributed by atoms with Crippen LogP contribution in [0.25, 0.3) is 0 Å². The number of nitrogens with one attached hydrogen (secondary N) is 1. The fourth-order valence-electron chi connectivity index (χ4n) is 1.32. The van der Waals surface area contributed by atoms with Crippen LogP contribution in [0.3, 0.4) is 0 Å². The van der Waals surface area contributed by atoms with Gasteiger partial charge in [-0.1, -0.05) is 0 Å². The van der Waals surface area contributed by atoms with Crippen molar-refractivity contribution in [1.29, 1.82) is 5.26 Å². The number of carbonyl (C=O) groups excluding carboxylic acids is 1. The van der Waals surface area contributed by atoms with Crippen LogP contribution >= 0.6 is 22.6 Å². The number of anilines is 1. The van der Waals surface area contributed by atoms with Crippen LogP contribution < -0.4 is 5.32 Å². The Balaban J connectivity index is 3.09. The summed E-state index contributed by atoms with van der Waals surface area (Å²) in [7, 11) is 0. The van der Waals surface area contributed by atoms with Crippen molar-refractivity contribution in [2.24, 2.45) is 0 Å². The highest BCUT2D eigenvalue weighted by atomic mass is 127. The molecule has 0 saturated carbocycles. The molecule has 0 aromatic heterocycles. The number of alkyl halides is 3. The van der Waals surface area contributed by atoms with Gasteiger partial charge in [0.25, 0.3) is 0 Å². The molecule has 0 aliphatic carbocycles. The Morgan fingerprint density at radius 2 is 2.19 bits per heavy atom. The highest BCUT2D eigenvalue weighted by Gasteiger charge is 2.35. The number of hydrogen-bond donors (Lipinski definition) is 1. The van der Waals surface area contributed by atoms with E-state index in [1.807, 2.05) is 6.07 Å². The van der Waals surface area contributed by atoms with Crippen molar-refractivity contribution in [1.82, 2.24) is 0 Å². The van der Waals surface area contributed by atoms with E-state index >= 15 is 0 Å².